The van der Waals surface area contributed by atoms with E-state index >= 15 is 0 Å². The summed E-state index contributed by atoms with van der Waals surface area (Å²) in [6.07, 6.45) is 2.37. The zero-order valence-electron chi connectivity index (χ0n) is 12.7. The second-order valence-corrected chi connectivity index (χ2v) is 5.18. The van der Waals surface area contributed by atoms with Crippen LogP contribution < -0.4 is 0 Å². The minimum Gasteiger partial charge on any atom is -0.457 e. The number of carbonyl (C=O) groups is 1. The molecule has 5 heteroatoms. The van der Waals surface area contributed by atoms with Crippen molar-refractivity contribution in [2.75, 3.05) is 0 Å². The van der Waals surface area contributed by atoms with E-state index in [4.69, 9.17) is 4.74 Å². The smallest absolute Gasteiger partial charge is 0.314 e. The first kappa shape index (κ1) is 15.2. The fourth-order valence-corrected chi connectivity index (χ4v) is 2.27. The van der Waals surface area contributed by atoms with E-state index in [9.17, 15) is 4.79 Å². The van der Waals surface area contributed by atoms with Gasteiger partial charge in [-0.3, -0.25) is 9.48 Å². The number of rotatable bonds is 6. The SMILES string of the molecule is CC[C@@H](C)[C@H](C(=O)OCc1ncnn1C)c1ccccc1. The van der Waals surface area contributed by atoms with Crippen molar-refractivity contribution < 1.29 is 9.53 Å². The van der Waals surface area contributed by atoms with Crippen molar-refractivity contribution in [3.63, 3.8) is 0 Å². The second-order valence-electron chi connectivity index (χ2n) is 5.18. The van der Waals surface area contributed by atoms with Gasteiger partial charge in [0.1, 0.15) is 6.33 Å². The zero-order chi connectivity index (χ0) is 15.2. The molecule has 0 saturated carbocycles. The highest BCUT2D eigenvalue weighted by Crippen LogP contribution is 2.28. The van der Waals surface area contributed by atoms with Crippen molar-refractivity contribution in [1.29, 1.82) is 0 Å². The van der Waals surface area contributed by atoms with Gasteiger partial charge >= 0.3 is 5.97 Å². The standard InChI is InChI=1S/C16H21N3O2/c1-4-12(2)15(13-8-6-5-7-9-13)16(20)21-10-14-17-11-18-19(14)3/h5-9,11-12,15H,4,10H2,1-3H3/t12-,15+/m1/s1. The van der Waals surface area contributed by atoms with E-state index in [1.165, 1.54) is 6.33 Å². The molecule has 21 heavy (non-hydrogen) atoms. The maximum Gasteiger partial charge on any atom is 0.314 e. The molecule has 112 valence electrons. The van der Waals surface area contributed by atoms with Gasteiger partial charge in [-0.1, -0.05) is 50.6 Å². The van der Waals surface area contributed by atoms with Crippen molar-refractivity contribution in [3.8, 4) is 0 Å². The number of hydrogen-bond donors (Lipinski definition) is 0. The van der Waals surface area contributed by atoms with Gasteiger partial charge in [0.2, 0.25) is 0 Å². The van der Waals surface area contributed by atoms with Gasteiger partial charge in [-0.2, -0.15) is 5.10 Å². The van der Waals surface area contributed by atoms with Crippen LogP contribution in [0.2, 0.25) is 0 Å². The number of ether oxygens (including phenoxy) is 1. The molecular formula is C16H21N3O2. The Kier molecular flexibility index (Phi) is 5.09. The molecule has 0 bridgehead atoms. The number of benzene rings is 1. The molecule has 0 spiro atoms. The maximum absolute atomic E-state index is 12.5. The van der Waals surface area contributed by atoms with E-state index in [0.29, 0.717) is 5.82 Å². The Morgan fingerprint density at radius 1 is 1.33 bits per heavy atom. The molecule has 1 heterocycles. The van der Waals surface area contributed by atoms with Crippen molar-refractivity contribution in [2.24, 2.45) is 13.0 Å². The number of carbonyl (C=O) groups excluding carboxylic acids is 1. The number of aryl methyl sites for hydroxylation is 1. The van der Waals surface area contributed by atoms with Crippen LogP contribution in [0.5, 0.6) is 0 Å². The highest BCUT2D eigenvalue weighted by atomic mass is 16.5. The van der Waals surface area contributed by atoms with Crippen molar-refractivity contribution in [1.82, 2.24) is 14.8 Å². The Morgan fingerprint density at radius 2 is 2.05 bits per heavy atom. The van der Waals surface area contributed by atoms with E-state index in [-0.39, 0.29) is 24.4 Å². The minimum absolute atomic E-state index is 0.148. The van der Waals surface area contributed by atoms with Gasteiger partial charge in [-0.15, -0.1) is 0 Å². The van der Waals surface area contributed by atoms with Crippen LogP contribution in [0.4, 0.5) is 0 Å². The summed E-state index contributed by atoms with van der Waals surface area (Å²) < 4.78 is 7.05. The fraction of sp³-hybridized carbons (Fsp3) is 0.438. The number of aromatic nitrogens is 3. The molecule has 1 aromatic heterocycles. The highest BCUT2D eigenvalue weighted by Gasteiger charge is 2.27. The molecule has 0 aliphatic heterocycles. The Bertz CT molecular complexity index is 580. The molecule has 2 rings (SSSR count). The quantitative estimate of drug-likeness (QED) is 0.766. The van der Waals surface area contributed by atoms with Crippen molar-refractivity contribution in [2.45, 2.75) is 32.8 Å². The summed E-state index contributed by atoms with van der Waals surface area (Å²) in [6.45, 7) is 4.30. The van der Waals surface area contributed by atoms with Crippen LogP contribution >= 0.6 is 0 Å². The summed E-state index contributed by atoms with van der Waals surface area (Å²) in [5.41, 5.74) is 0.995. The first-order chi connectivity index (χ1) is 10.1. The Hall–Kier alpha value is -2.17. The molecule has 0 radical (unpaired) electrons. The minimum atomic E-state index is -0.246. The van der Waals surface area contributed by atoms with E-state index < -0.39 is 0 Å². The van der Waals surface area contributed by atoms with Crippen molar-refractivity contribution >= 4 is 5.97 Å². The fourth-order valence-electron chi connectivity index (χ4n) is 2.27. The molecule has 2 atom stereocenters. The van der Waals surface area contributed by atoms with Crippen LogP contribution in [0.3, 0.4) is 0 Å². The Balaban J connectivity index is 2.10. The van der Waals surface area contributed by atoms with E-state index in [0.717, 1.165) is 12.0 Å². The van der Waals surface area contributed by atoms with Gasteiger partial charge in [0.05, 0.1) is 5.92 Å². The lowest BCUT2D eigenvalue weighted by molar-refractivity contribution is -0.148. The van der Waals surface area contributed by atoms with Crippen LogP contribution in [0.25, 0.3) is 0 Å². The average molecular weight is 287 g/mol. The first-order valence-electron chi connectivity index (χ1n) is 7.18. The Labute approximate surface area is 125 Å². The Morgan fingerprint density at radius 3 is 2.62 bits per heavy atom. The van der Waals surface area contributed by atoms with Gasteiger partial charge in [-0.25, -0.2) is 4.98 Å². The molecule has 0 N–H and O–H groups in total. The third-order valence-corrected chi connectivity index (χ3v) is 3.77. The van der Waals surface area contributed by atoms with Crippen molar-refractivity contribution in [3.05, 3.63) is 48.0 Å². The topological polar surface area (TPSA) is 57.0 Å². The molecule has 0 fully saturated rings. The molecule has 0 aliphatic carbocycles. The van der Waals surface area contributed by atoms with Gasteiger partial charge in [0, 0.05) is 7.05 Å². The lowest BCUT2D eigenvalue weighted by atomic mass is 9.86. The van der Waals surface area contributed by atoms with Crippen LogP contribution in [0, 0.1) is 5.92 Å². The lowest BCUT2D eigenvalue weighted by Gasteiger charge is -2.21. The molecule has 5 nitrogen and oxygen atoms in total. The molecule has 1 aromatic carbocycles. The third kappa shape index (κ3) is 3.68. The van der Waals surface area contributed by atoms with E-state index in [2.05, 4.69) is 23.9 Å². The summed E-state index contributed by atoms with van der Waals surface area (Å²) in [7, 11) is 1.78. The molecule has 0 amide bonds. The lowest BCUT2D eigenvalue weighted by Crippen LogP contribution is -2.22. The predicted molar refractivity (Wildman–Crippen MR) is 79.4 cm³/mol. The normalized spacial score (nSPS) is 13.7. The summed E-state index contributed by atoms with van der Waals surface area (Å²) >= 11 is 0. The summed E-state index contributed by atoms with van der Waals surface area (Å²) in [4.78, 5) is 16.5. The molecule has 0 aliphatic rings. The monoisotopic (exact) mass is 287 g/mol. The summed E-state index contributed by atoms with van der Waals surface area (Å²) in [6, 6.07) is 9.78. The van der Waals surface area contributed by atoms with E-state index in [1.54, 1.807) is 11.7 Å². The molecular weight excluding hydrogens is 266 g/mol. The molecule has 0 saturated heterocycles. The van der Waals surface area contributed by atoms with Gasteiger partial charge < -0.3 is 4.74 Å². The summed E-state index contributed by atoms with van der Waals surface area (Å²) in [5.74, 6) is 0.404. The summed E-state index contributed by atoms with van der Waals surface area (Å²) in [5, 5.41) is 3.96. The number of hydrogen-bond acceptors (Lipinski definition) is 4. The second kappa shape index (κ2) is 7.02. The molecule has 2 aromatic rings. The largest absolute Gasteiger partial charge is 0.457 e. The number of nitrogens with zero attached hydrogens (tertiary/aromatic N) is 3. The van der Waals surface area contributed by atoms with Crippen LogP contribution in [-0.4, -0.2) is 20.7 Å². The first-order valence-corrected chi connectivity index (χ1v) is 7.18. The average Bonchev–Trinajstić information content (AvgIpc) is 2.91. The molecule has 0 unspecified atom stereocenters. The maximum atomic E-state index is 12.5. The van der Waals surface area contributed by atoms with E-state index in [1.807, 2.05) is 30.3 Å². The van der Waals surface area contributed by atoms with Crippen LogP contribution in [0.15, 0.2) is 36.7 Å². The van der Waals surface area contributed by atoms with Crippen LogP contribution in [-0.2, 0) is 23.2 Å². The van der Waals surface area contributed by atoms with Gasteiger partial charge in [-0.05, 0) is 11.5 Å². The number of esters is 1. The van der Waals surface area contributed by atoms with Crippen LogP contribution in [0.1, 0.15) is 37.6 Å². The third-order valence-electron chi connectivity index (χ3n) is 3.77. The zero-order valence-corrected chi connectivity index (χ0v) is 12.7. The van der Waals surface area contributed by atoms with Gasteiger partial charge in [0.15, 0.2) is 12.4 Å². The highest BCUT2D eigenvalue weighted by molar-refractivity contribution is 5.78. The van der Waals surface area contributed by atoms with Gasteiger partial charge in [0.25, 0.3) is 0 Å². The predicted octanol–water partition coefficient (Wildman–Crippen LogP) is 2.69.